The molecule has 0 radical (unpaired) electrons. The lowest BCUT2D eigenvalue weighted by Gasteiger charge is -2.18. The number of amides is 1. The first-order valence-corrected chi connectivity index (χ1v) is 10.4. The van der Waals surface area contributed by atoms with Gasteiger partial charge in [-0.1, -0.05) is 56.3 Å². The fourth-order valence-corrected chi connectivity index (χ4v) is 3.09. The SMILES string of the molecule is CC(C)c1ccccc1O[C@H](C)C(=O)NCc1ccc(OCc2ccc(F)cc2)cc1. The molecule has 31 heavy (non-hydrogen) atoms. The number of rotatable bonds is 9. The normalized spacial score (nSPS) is 11.8. The summed E-state index contributed by atoms with van der Waals surface area (Å²) in [5.74, 6) is 1.33. The number of para-hydroxylation sites is 1. The fraction of sp³-hybridized carbons (Fsp3) is 0.269. The molecule has 3 aromatic carbocycles. The second-order valence-corrected chi connectivity index (χ2v) is 7.73. The molecule has 0 saturated carbocycles. The zero-order chi connectivity index (χ0) is 22.2. The van der Waals surface area contributed by atoms with E-state index in [9.17, 15) is 9.18 Å². The monoisotopic (exact) mass is 421 g/mol. The number of carbonyl (C=O) groups excluding carboxylic acids is 1. The quantitative estimate of drug-likeness (QED) is 0.488. The minimum absolute atomic E-state index is 0.171. The molecule has 1 atom stereocenters. The van der Waals surface area contributed by atoms with E-state index in [1.54, 1.807) is 19.1 Å². The minimum Gasteiger partial charge on any atom is -0.489 e. The van der Waals surface area contributed by atoms with Crippen LogP contribution in [0.4, 0.5) is 4.39 Å². The number of carbonyl (C=O) groups is 1. The first-order chi connectivity index (χ1) is 14.9. The summed E-state index contributed by atoms with van der Waals surface area (Å²) in [6.45, 7) is 6.71. The van der Waals surface area contributed by atoms with E-state index in [1.807, 2.05) is 48.5 Å². The van der Waals surface area contributed by atoms with Gasteiger partial charge in [0, 0.05) is 6.54 Å². The van der Waals surface area contributed by atoms with Crippen molar-refractivity contribution >= 4 is 5.91 Å². The molecule has 0 heterocycles. The third kappa shape index (κ3) is 6.57. The summed E-state index contributed by atoms with van der Waals surface area (Å²) < 4.78 is 24.6. The van der Waals surface area contributed by atoms with Crippen molar-refractivity contribution in [2.45, 2.75) is 45.9 Å². The summed E-state index contributed by atoms with van der Waals surface area (Å²) in [5.41, 5.74) is 2.93. The summed E-state index contributed by atoms with van der Waals surface area (Å²) in [4.78, 5) is 12.5. The maximum Gasteiger partial charge on any atom is 0.261 e. The molecule has 0 aliphatic carbocycles. The lowest BCUT2D eigenvalue weighted by Crippen LogP contribution is -2.36. The lowest BCUT2D eigenvalue weighted by atomic mass is 10.0. The number of nitrogens with one attached hydrogen (secondary N) is 1. The van der Waals surface area contributed by atoms with Crippen LogP contribution in [0.2, 0.25) is 0 Å². The Morgan fingerprint density at radius 1 is 0.903 bits per heavy atom. The van der Waals surface area contributed by atoms with E-state index < -0.39 is 6.10 Å². The maximum atomic E-state index is 13.0. The predicted molar refractivity (Wildman–Crippen MR) is 120 cm³/mol. The van der Waals surface area contributed by atoms with Crippen LogP contribution in [0.1, 0.15) is 43.4 Å². The molecule has 0 spiro atoms. The molecule has 1 N–H and O–H groups in total. The summed E-state index contributed by atoms with van der Waals surface area (Å²) in [6, 6.07) is 21.5. The van der Waals surface area contributed by atoms with Crippen LogP contribution in [0.3, 0.4) is 0 Å². The Morgan fingerprint density at radius 2 is 1.55 bits per heavy atom. The number of benzene rings is 3. The van der Waals surface area contributed by atoms with Crippen molar-refractivity contribution in [3.05, 3.63) is 95.3 Å². The zero-order valence-electron chi connectivity index (χ0n) is 18.1. The van der Waals surface area contributed by atoms with E-state index in [0.29, 0.717) is 24.8 Å². The molecular weight excluding hydrogens is 393 g/mol. The van der Waals surface area contributed by atoms with E-state index in [4.69, 9.17) is 9.47 Å². The molecule has 3 aromatic rings. The average molecular weight is 422 g/mol. The summed E-state index contributed by atoms with van der Waals surface area (Å²) in [5, 5.41) is 2.91. The van der Waals surface area contributed by atoms with Crippen LogP contribution in [0.5, 0.6) is 11.5 Å². The number of ether oxygens (including phenoxy) is 2. The standard InChI is InChI=1S/C26H28FNO3/c1-18(2)24-6-4-5-7-25(24)31-19(3)26(29)28-16-20-10-14-23(15-11-20)30-17-21-8-12-22(27)13-9-21/h4-15,18-19H,16-17H2,1-3H3,(H,28,29)/t19-/m1/s1. The molecule has 162 valence electrons. The van der Waals surface area contributed by atoms with E-state index in [2.05, 4.69) is 19.2 Å². The molecule has 0 unspecified atom stereocenters. The first kappa shape index (κ1) is 22.3. The molecule has 0 aliphatic rings. The first-order valence-electron chi connectivity index (χ1n) is 10.4. The highest BCUT2D eigenvalue weighted by Crippen LogP contribution is 2.26. The van der Waals surface area contributed by atoms with Crippen molar-refractivity contribution in [3.8, 4) is 11.5 Å². The Labute approximate surface area is 183 Å². The van der Waals surface area contributed by atoms with Gasteiger partial charge in [-0.25, -0.2) is 4.39 Å². The minimum atomic E-state index is -0.599. The third-order valence-electron chi connectivity index (χ3n) is 4.92. The van der Waals surface area contributed by atoms with Crippen LogP contribution in [-0.4, -0.2) is 12.0 Å². The second-order valence-electron chi connectivity index (χ2n) is 7.73. The van der Waals surface area contributed by atoms with Gasteiger partial charge in [0.25, 0.3) is 5.91 Å². The lowest BCUT2D eigenvalue weighted by molar-refractivity contribution is -0.127. The molecule has 0 aromatic heterocycles. The van der Waals surface area contributed by atoms with Crippen molar-refractivity contribution in [1.29, 1.82) is 0 Å². The highest BCUT2D eigenvalue weighted by molar-refractivity contribution is 5.80. The van der Waals surface area contributed by atoms with E-state index in [0.717, 1.165) is 22.4 Å². The van der Waals surface area contributed by atoms with Crippen molar-refractivity contribution < 1.29 is 18.7 Å². The van der Waals surface area contributed by atoms with Gasteiger partial charge in [-0.2, -0.15) is 0 Å². The predicted octanol–water partition coefficient (Wildman–Crippen LogP) is 5.61. The van der Waals surface area contributed by atoms with Gasteiger partial charge < -0.3 is 14.8 Å². The molecule has 0 fully saturated rings. The molecule has 1 amide bonds. The number of halogens is 1. The van der Waals surface area contributed by atoms with Gasteiger partial charge in [-0.3, -0.25) is 4.79 Å². The van der Waals surface area contributed by atoms with Gasteiger partial charge in [0.2, 0.25) is 0 Å². The van der Waals surface area contributed by atoms with Crippen molar-refractivity contribution in [3.63, 3.8) is 0 Å². The fourth-order valence-electron chi connectivity index (χ4n) is 3.09. The van der Waals surface area contributed by atoms with Gasteiger partial charge in [-0.05, 0) is 59.9 Å². The Kier molecular flexibility index (Phi) is 7.65. The van der Waals surface area contributed by atoms with E-state index in [1.165, 1.54) is 12.1 Å². The Hall–Kier alpha value is -3.34. The summed E-state index contributed by atoms with van der Waals surface area (Å²) >= 11 is 0. The smallest absolute Gasteiger partial charge is 0.261 e. The molecule has 3 rings (SSSR count). The van der Waals surface area contributed by atoms with Crippen LogP contribution >= 0.6 is 0 Å². The van der Waals surface area contributed by atoms with Crippen LogP contribution in [-0.2, 0) is 17.9 Å². The van der Waals surface area contributed by atoms with Crippen molar-refractivity contribution in [1.82, 2.24) is 5.32 Å². The number of hydrogen-bond acceptors (Lipinski definition) is 3. The van der Waals surface area contributed by atoms with E-state index in [-0.39, 0.29) is 11.7 Å². The summed E-state index contributed by atoms with van der Waals surface area (Å²) in [7, 11) is 0. The van der Waals surface area contributed by atoms with Gasteiger partial charge in [-0.15, -0.1) is 0 Å². The van der Waals surface area contributed by atoms with Gasteiger partial charge in [0.05, 0.1) is 0 Å². The van der Waals surface area contributed by atoms with Crippen LogP contribution in [0.25, 0.3) is 0 Å². The Balaban J connectivity index is 1.48. The second kappa shape index (κ2) is 10.6. The highest BCUT2D eigenvalue weighted by atomic mass is 19.1. The van der Waals surface area contributed by atoms with Crippen LogP contribution in [0, 0.1) is 5.82 Å². The molecule has 5 heteroatoms. The molecule has 0 saturated heterocycles. The number of hydrogen-bond donors (Lipinski definition) is 1. The molecule has 0 bridgehead atoms. The molecular formula is C26H28FNO3. The third-order valence-corrected chi connectivity index (χ3v) is 4.92. The van der Waals surface area contributed by atoms with Gasteiger partial charge in [0.15, 0.2) is 6.10 Å². The Morgan fingerprint density at radius 3 is 2.23 bits per heavy atom. The van der Waals surface area contributed by atoms with Gasteiger partial charge in [0.1, 0.15) is 23.9 Å². The molecule has 0 aliphatic heterocycles. The highest BCUT2D eigenvalue weighted by Gasteiger charge is 2.17. The zero-order valence-corrected chi connectivity index (χ0v) is 18.1. The van der Waals surface area contributed by atoms with Crippen LogP contribution in [0.15, 0.2) is 72.8 Å². The van der Waals surface area contributed by atoms with Crippen LogP contribution < -0.4 is 14.8 Å². The van der Waals surface area contributed by atoms with E-state index >= 15 is 0 Å². The maximum absolute atomic E-state index is 13.0. The average Bonchev–Trinajstić information content (AvgIpc) is 2.78. The summed E-state index contributed by atoms with van der Waals surface area (Å²) in [6.07, 6.45) is -0.599. The topological polar surface area (TPSA) is 47.6 Å². The van der Waals surface area contributed by atoms with Crippen molar-refractivity contribution in [2.75, 3.05) is 0 Å². The Bertz CT molecular complexity index is 984. The largest absolute Gasteiger partial charge is 0.489 e. The van der Waals surface area contributed by atoms with Gasteiger partial charge >= 0.3 is 0 Å². The molecule has 4 nitrogen and oxygen atoms in total. The van der Waals surface area contributed by atoms with Crippen molar-refractivity contribution in [2.24, 2.45) is 0 Å².